The molecule has 2 amide bonds. The molecule has 0 spiro atoms. The molecule has 0 unspecified atom stereocenters. The van der Waals surface area contributed by atoms with E-state index in [-0.39, 0.29) is 25.0 Å². The third kappa shape index (κ3) is 9.75. The van der Waals surface area contributed by atoms with Crippen LogP contribution in [0, 0.1) is 0 Å². The molecule has 1 heterocycles. The van der Waals surface area contributed by atoms with E-state index >= 15 is 0 Å². The number of nitrogens with one attached hydrogen (secondary N) is 1. The zero-order valence-corrected chi connectivity index (χ0v) is 23.1. The number of benzene rings is 2. The van der Waals surface area contributed by atoms with Crippen LogP contribution < -0.4 is 16.8 Å². The summed E-state index contributed by atoms with van der Waals surface area (Å²) in [6.45, 7) is 7.12. The van der Waals surface area contributed by atoms with E-state index in [9.17, 15) is 9.59 Å². The second kappa shape index (κ2) is 18.6. The van der Waals surface area contributed by atoms with E-state index in [1.165, 1.54) is 4.90 Å². The molecule has 2 aromatic rings. The molecule has 1 aliphatic heterocycles. The van der Waals surface area contributed by atoms with Crippen molar-refractivity contribution in [3.63, 3.8) is 0 Å². The average molecular weight is 563 g/mol. The molecular formula is C28H42N4O8. The first-order valence-corrected chi connectivity index (χ1v) is 13.7. The topological polar surface area (TPSA) is 157 Å². The highest BCUT2D eigenvalue weighted by molar-refractivity contribution is 6.26. The van der Waals surface area contributed by atoms with Gasteiger partial charge in [0, 0.05) is 47.2 Å². The number of imide groups is 1. The standard InChI is InChI=1S/C28H42N4O8/c29-6-10-35-14-18-39-20-16-37-12-8-31-25-5-4-24-26-22(25)2-1-3-23(26)27(33)32(28(24)34)9-13-38-17-21-40-19-15-36-11-7-30/h1-5,31H,6-21,29-30H2. The molecule has 0 fully saturated rings. The van der Waals surface area contributed by atoms with Crippen molar-refractivity contribution in [2.45, 2.75) is 0 Å². The molecule has 12 heteroatoms. The highest BCUT2D eigenvalue weighted by Crippen LogP contribution is 2.34. The van der Waals surface area contributed by atoms with Gasteiger partial charge in [0.15, 0.2) is 0 Å². The van der Waals surface area contributed by atoms with Gasteiger partial charge >= 0.3 is 0 Å². The predicted molar refractivity (Wildman–Crippen MR) is 151 cm³/mol. The van der Waals surface area contributed by atoms with Crippen LogP contribution in [0.15, 0.2) is 30.3 Å². The van der Waals surface area contributed by atoms with Gasteiger partial charge in [-0.15, -0.1) is 0 Å². The quantitative estimate of drug-likeness (QED) is 0.130. The minimum absolute atomic E-state index is 0.162. The second-order valence-corrected chi connectivity index (χ2v) is 8.83. The summed E-state index contributed by atoms with van der Waals surface area (Å²) >= 11 is 0. The third-order valence-corrected chi connectivity index (χ3v) is 6.03. The van der Waals surface area contributed by atoms with Gasteiger partial charge in [-0.1, -0.05) is 12.1 Å². The number of carbonyl (C=O) groups is 2. The zero-order chi connectivity index (χ0) is 28.4. The van der Waals surface area contributed by atoms with Crippen molar-refractivity contribution < 1.29 is 38.0 Å². The van der Waals surface area contributed by atoms with Gasteiger partial charge < -0.3 is 45.2 Å². The Morgan fingerprint density at radius 2 is 1.10 bits per heavy atom. The normalized spacial score (nSPS) is 13.0. The Morgan fingerprint density at radius 1 is 0.600 bits per heavy atom. The first kappa shape index (κ1) is 31.8. The molecule has 0 aromatic heterocycles. The SMILES string of the molecule is NCCOCCOCCOCCNc1ccc2c3c(cccc13)C(=O)N(CCOCCOCCOCCN)C2=O. The fourth-order valence-electron chi connectivity index (χ4n) is 4.17. The maximum atomic E-state index is 13.2. The highest BCUT2D eigenvalue weighted by atomic mass is 16.5. The minimum atomic E-state index is -0.325. The van der Waals surface area contributed by atoms with Gasteiger partial charge in [0.25, 0.3) is 11.8 Å². The van der Waals surface area contributed by atoms with E-state index in [1.807, 2.05) is 18.2 Å². The van der Waals surface area contributed by atoms with E-state index in [4.69, 9.17) is 39.9 Å². The van der Waals surface area contributed by atoms with Crippen LogP contribution in [0.3, 0.4) is 0 Å². The van der Waals surface area contributed by atoms with E-state index in [0.29, 0.717) is 109 Å². The largest absolute Gasteiger partial charge is 0.382 e. The van der Waals surface area contributed by atoms with Gasteiger partial charge in [-0.05, 0) is 18.2 Å². The van der Waals surface area contributed by atoms with Gasteiger partial charge in [0.1, 0.15) is 0 Å². The lowest BCUT2D eigenvalue weighted by molar-refractivity contribution is 0.0119. The van der Waals surface area contributed by atoms with E-state index in [2.05, 4.69) is 5.32 Å². The fraction of sp³-hybridized carbons (Fsp3) is 0.571. The molecule has 0 aliphatic carbocycles. The smallest absolute Gasteiger partial charge is 0.261 e. The molecule has 2 aromatic carbocycles. The first-order chi connectivity index (χ1) is 19.7. The number of amides is 2. The van der Waals surface area contributed by atoms with Gasteiger partial charge in [0.05, 0.1) is 85.8 Å². The van der Waals surface area contributed by atoms with Crippen molar-refractivity contribution in [2.24, 2.45) is 11.5 Å². The van der Waals surface area contributed by atoms with Crippen LogP contribution >= 0.6 is 0 Å². The summed E-state index contributed by atoms with van der Waals surface area (Å²) in [7, 11) is 0. The summed E-state index contributed by atoms with van der Waals surface area (Å²) in [6, 6.07) is 9.12. The van der Waals surface area contributed by atoms with E-state index in [0.717, 1.165) is 11.1 Å². The van der Waals surface area contributed by atoms with Gasteiger partial charge in [0.2, 0.25) is 0 Å². The minimum Gasteiger partial charge on any atom is -0.382 e. The van der Waals surface area contributed by atoms with E-state index in [1.54, 1.807) is 12.1 Å². The number of carbonyl (C=O) groups excluding carboxylic acids is 2. The van der Waals surface area contributed by atoms with Crippen molar-refractivity contribution in [3.05, 3.63) is 41.5 Å². The number of anilines is 1. The number of nitrogens with zero attached hydrogens (tertiary/aromatic N) is 1. The van der Waals surface area contributed by atoms with Crippen LogP contribution in [-0.2, 0) is 28.4 Å². The van der Waals surface area contributed by atoms with Crippen LogP contribution in [0.4, 0.5) is 5.69 Å². The van der Waals surface area contributed by atoms with Gasteiger partial charge in [-0.2, -0.15) is 0 Å². The molecule has 222 valence electrons. The van der Waals surface area contributed by atoms with Crippen LogP contribution in [-0.4, -0.2) is 122 Å². The summed E-state index contributed by atoms with van der Waals surface area (Å²) < 4.78 is 32.5. The lowest BCUT2D eigenvalue weighted by Crippen LogP contribution is -2.42. The maximum Gasteiger partial charge on any atom is 0.261 e. The molecule has 0 radical (unpaired) electrons. The van der Waals surface area contributed by atoms with Crippen LogP contribution in [0.1, 0.15) is 20.7 Å². The van der Waals surface area contributed by atoms with Crippen molar-refractivity contribution in [3.8, 4) is 0 Å². The zero-order valence-electron chi connectivity index (χ0n) is 23.1. The summed E-state index contributed by atoms with van der Waals surface area (Å²) in [4.78, 5) is 27.7. The Kier molecular flexibility index (Phi) is 14.8. The lowest BCUT2D eigenvalue weighted by atomic mass is 9.93. The van der Waals surface area contributed by atoms with Gasteiger partial charge in [-0.25, -0.2) is 0 Å². The summed E-state index contributed by atoms with van der Waals surface area (Å²) in [5, 5.41) is 4.83. The molecule has 0 saturated carbocycles. The molecule has 3 rings (SSSR count). The predicted octanol–water partition coefficient (Wildman–Crippen LogP) is 0.865. The third-order valence-electron chi connectivity index (χ3n) is 6.03. The number of hydrogen-bond acceptors (Lipinski definition) is 11. The summed E-state index contributed by atoms with van der Waals surface area (Å²) in [5.41, 5.74) is 12.6. The van der Waals surface area contributed by atoms with Crippen LogP contribution in [0.25, 0.3) is 10.8 Å². The second-order valence-electron chi connectivity index (χ2n) is 8.83. The van der Waals surface area contributed by atoms with Crippen molar-refractivity contribution in [2.75, 3.05) is 111 Å². The Morgan fingerprint density at radius 3 is 1.68 bits per heavy atom. The Balaban J connectivity index is 1.42. The van der Waals surface area contributed by atoms with Crippen LogP contribution in [0.2, 0.25) is 0 Å². The Labute approximate surface area is 235 Å². The molecule has 5 N–H and O–H groups in total. The van der Waals surface area contributed by atoms with Crippen molar-refractivity contribution in [1.82, 2.24) is 4.90 Å². The summed E-state index contributed by atoms with van der Waals surface area (Å²) in [5.74, 6) is -0.650. The Bertz CT molecular complexity index is 1030. The van der Waals surface area contributed by atoms with Crippen LogP contribution in [0.5, 0.6) is 0 Å². The monoisotopic (exact) mass is 562 g/mol. The number of ether oxygens (including phenoxy) is 6. The molecule has 1 aliphatic rings. The molecule has 0 saturated heterocycles. The first-order valence-electron chi connectivity index (χ1n) is 13.7. The Hall–Kier alpha value is -2.68. The molecule has 0 bridgehead atoms. The average Bonchev–Trinajstić information content (AvgIpc) is 2.97. The fourth-order valence-corrected chi connectivity index (χ4v) is 4.17. The summed E-state index contributed by atoms with van der Waals surface area (Å²) in [6.07, 6.45) is 0. The van der Waals surface area contributed by atoms with Gasteiger partial charge in [-0.3, -0.25) is 14.5 Å². The lowest BCUT2D eigenvalue weighted by Gasteiger charge is -2.27. The number of nitrogens with two attached hydrogens (primary N) is 2. The number of rotatable bonds is 23. The number of hydrogen-bond donors (Lipinski definition) is 3. The van der Waals surface area contributed by atoms with E-state index < -0.39 is 0 Å². The highest BCUT2D eigenvalue weighted by Gasteiger charge is 2.33. The molecule has 12 nitrogen and oxygen atoms in total. The maximum absolute atomic E-state index is 13.2. The molecule has 40 heavy (non-hydrogen) atoms. The molecule has 0 atom stereocenters. The molecular weight excluding hydrogens is 520 g/mol. The van der Waals surface area contributed by atoms with Crippen molar-refractivity contribution >= 4 is 28.3 Å². The van der Waals surface area contributed by atoms with Crippen molar-refractivity contribution in [1.29, 1.82) is 0 Å².